The van der Waals surface area contributed by atoms with Gasteiger partial charge in [-0.1, -0.05) is 54.6 Å². The van der Waals surface area contributed by atoms with Gasteiger partial charge >= 0.3 is 18.2 Å². The van der Waals surface area contributed by atoms with Crippen LogP contribution in [0.25, 0.3) is 11.1 Å². The number of carboxylic acids is 1. The van der Waals surface area contributed by atoms with Crippen LogP contribution in [0.5, 0.6) is 5.88 Å². The number of carbonyl (C=O) groups is 3. The number of hydrogen-bond donors (Lipinski definition) is 3. The van der Waals surface area contributed by atoms with Crippen molar-refractivity contribution in [1.29, 1.82) is 0 Å². The summed E-state index contributed by atoms with van der Waals surface area (Å²) < 4.78 is 16.1. The second-order valence-corrected chi connectivity index (χ2v) is 10.3. The number of alkyl carbamates (subject to hydrolysis) is 2. The van der Waals surface area contributed by atoms with E-state index in [1.54, 1.807) is 32.9 Å². The average molecular weight is 548 g/mol. The Labute approximate surface area is 232 Å². The van der Waals surface area contributed by atoms with Crippen LogP contribution in [0.1, 0.15) is 43.4 Å². The number of nitrogens with one attached hydrogen (secondary N) is 2. The molecule has 1 atom stereocenters. The third-order valence-electron chi connectivity index (χ3n) is 6.19. The van der Waals surface area contributed by atoms with Gasteiger partial charge in [0, 0.05) is 24.6 Å². The molecular weight excluding hydrogens is 514 g/mol. The second-order valence-electron chi connectivity index (χ2n) is 10.3. The number of ether oxygens (including phenoxy) is 3. The lowest BCUT2D eigenvalue weighted by Gasteiger charge is -2.19. The van der Waals surface area contributed by atoms with Gasteiger partial charge in [-0.2, -0.15) is 0 Å². The van der Waals surface area contributed by atoms with Crippen LogP contribution in [-0.2, 0) is 20.7 Å². The number of benzene rings is 2. The van der Waals surface area contributed by atoms with E-state index in [9.17, 15) is 19.5 Å². The number of pyridine rings is 1. The number of fused-ring (bicyclic) bond motifs is 3. The van der Waals surface area contributed by atoms with E-state index in [0.29, 0.717) is 11.4 Å². The van der Waals surface area contributed by atoms with E-state index in [0.717, 1.165) is 22.3 Å². The van der Waals surface area contributed by atoms with Crippen LogP contribution < -0.4 is 15.4 Å². The number of aliphatic carboxylic acids is 1. The molecule has 1 heterocycles. The molecule has 0 fully saturated rings. The number of rotatable bonds is 10. The molecule has 0 radical (unpaired) electrons. The van der Waals surface area contributed by atoms with Gasteiger partial charge in [0.05, 0.1) is 6.54 Å². The van der Waals surface area contributed by atoms with Crippen LogP contribution in [0.15, 0.2) is 66.9 Å². The van der Waals surface area contributed by atoms with Gasteiger partial charge in [-0.05, 0) is 48.6 Å². The summed E-state index contributed by atoms with van der Waals surface area (Å²) in [4.78, 5) is 40.3. The molecule has 0 aliphatic heterocycles. The van der Waals surface area contributed by atoms with E-state index in [1.807, 2.05) is 48.5 Å². The maximum Gasteiger partial charge on any atom is 0.407 e. The maximum atomic E-state index is 12.6. The Bertz CT molecular complexity index is 1310. The topological polar surface area (TPSA) is 136 Å². The van der Waals surface area contributed by atoms with E-state index in [1.165, 1.54) is 6.20 Å². The second kappa shape index (κ2) is 12.5. The van der Waals surface area contributed by atoms with E-state index in [4.69, 9.17) is 14.2 Å². The molecule has 3 N–H and O–H groups in total. The number of carboxylic acid groups (broad SMARTS) is 1. The fourth-order valence-corrected chi connectivity index (χ4v) is 4.46. The standard InChI is InChI=1S/C30H33N3O7/c1-30(2,3)40-28(36)31-14-15-38-26-13-12-19(17-32-26)16-25(27(34)35)33-29(37)39-18-24-22-10-6-4-8-20(22)21-9-5-7-11-23(21)24/h4-13,17,24-25H,14-16,18H2,1-3H3,(H,31,36)(H,33,37)(H,34,35)/t25-/m0/s1. The van der Waals surface area contributed by atoms with Crippen molar-refractivity contribution in [1.82, 2.24) is 15.6 Å². The summed E-state index contributed by atoms with van der Waals surface area (Å²) in [6.45, 7) is 5.81. The van der Waals surface area contributed by atoms with Gasteiger partial charge in [-0.15, -0.1) is 0 Å². The van der Waals surface area contributed by atoms with E-state index < -0.39 is 29.8 Å². The zero-order valence-electron chi connectivity index (χ0n) is 22.7. The Morgan fingerprint density at radius 1 is 0.950 bits per heavy atom. The highest BCUT2D eigenvalue weighted by molar-refractivity contribution is 5.81. The van der Waals surface area contributed by atoms with Crippen molar-refractivity contribution in [2.24, 2.45) is 0 Å². The lowest BCUT2D eigenvalue weighted by molar-refractivity contribution is -0.139. The Morgan fingerprint density at radius 2 is 1.60 bits per heavy atom. The minimum atomic E-state index is -1.21. The van der Waals surface area contributed by atoms with Crippen LogP contribution in [0.3, 0.4) is 0 Å². The molecule has 1 aliphatic rings. The third kappa shape index (κ3) is 7.49. The summed E-state index contributed by atoms with van der Waals surface area (Å²) in [5.41, 5.74) is 4.35. The summed E-state index contributed by atoms with van der Waals surface area (Å²) in [7, 11) is 0. The molecule has 2 aromatic carbocycles. The van der Waals surface area contributed by atoms with Crippen LogP contribution >= 0.6 is 0 Å². The van der Waals surface area contributed by atoms with Crippen LogP contribution in [0.4, 0.5) is 9.59 Å². The summed E-state index contributed by atoms with van der Waals surface area (Å²) in [5.74, 6) is -1.01. The Morgan fingerprint density at radius 3 is 2.17 bits per heavy atom. The molecule has 0 saturated carbocycles. The molecule has 1 aliphatic carbocycles. The molecule has 0 saturated heterocycles. The van der Waals surface area contributed by atoms with Crippen LogP contribution in [0, 0.1) is 0 Å². The van der Waals surface area contributed by atoms with E-state index in [2.05, 4.69) is 15.6 Å². The third-order valence-corrected chi connectivity index (χ3v) is 6.19. The molecule has 210 valence electrons. The van der Waals surface area contributed by atoms with Gasteiger partial charge in [0.2, 0.25) is 5.88 Å². The smallest absolute Gasteiger partial charge is 0.407 e. The summed E-state index contributed by atoms with van der Waals surface area (Å²) >= 11 is 0. The van der Waals surface area contributed by atoms with Crippen LogP contribution in [-0.4, -0.2) is 59.6 Å². The van der Waals surface area contributed by atoms with Crippen molar-refractivity contribution in [2.45, 2.75) is 44.8 Å². The van der Waals surface area contributed by atoms with Gasteiger partial charge in [-0.3, -0.25) is 0 Å². The normalized spacial score (nSPS) is 13.0. The molecule has 0 spiro atoms. The molecular formula is C30H33N3O7. The monoisotopic (exact) mass is 547 g/mol. The predicted molar refractivity (Wildman–Crippen MR) is 147 cm³/mol. The van der Waals surface area contributed by atoms with Crippen molar-refractivity contribution in [2.75, 3.05) is 19.8 Å². The first-order valence-corrected chi connectivity index (χ1v) is 13.0. The summed E-state index contributed by atoms with van der Waals surface area (Å²) in [6.07, 6.45) is 0.140. The summed E-state index contributed by atoms with van der Waals surface area (Å²) in [5, 5.41) is 14.7. The molecule has 3 aromatic rings. The van der Waals surface area contributed by atoms with E-state index in [-0.39, 0.29) is 32.1 Å². The Kier molecular flexibility index (Phi) is 8.88. The minimum Gasteiger partial charge on any atom is -0.480 e. The van der Waals surface area contributed by atoms with Gasteiger partial charge < -0.3 is 30.0 Å². The van der Waals surface area contributed by atoms with Gasteiger partial charge in [0.25, 0.3) is 0 Å². The summed E-state index contributed by atoms with van der Waals surface area (Å²) in [6, 6.07) is 18.0. The average Bonchev–Trinajstić information content (AvgIpc) is 3.23. The molecule has 10 nitrogen and oxygen atoms in total. The minimum absolute atomic E-state index is 0.00695. The molecule has 10 heteroatoms. The zero-order valence-corrected chi connectivity index (χ0v) is 22.7. The van der Waals surface area contributed by atoms with Gasteiger partial charge in [-0.25, -0.2) is 19.4 Å². The highest BCUT2D eigenvalue weighted by Crippen LogP contribution is 2.44. The quantitative estimate of drug-likeness (QED) is 0.315. The highest BCUT2D eigenvalue weighted by atomic mass is 16.6. The number of nitrogens with zero attached hydrogens (tertiary/aromatic N) is 1. The molecule has 4 rings (SSSR count). The maximum absolute atomic E-state index is 12.6. The van der Waals surface area contributed by atoms with Gasteiger partial charge in [0.1, 0.15) is 24.9 Å². The van der Waals surface area contributed by atoms with Crippen molar-refractivity contribution in [3.63, 3.8) is 0 Å². The lowest BCUT2D eigenvalue weighted by atomic mass is 9.98. The predicted octanol–water partition coefficient (Wildman–Crippen LogP) is 4.52. The molecule has 40 heavy (non-hydrogen) atoms. The first-order chi connectivity index (χ1) is 19.1. The molecule has 2 amide bonds. The molecule has 0 bridgehead atoms. The zero-order chi connectivity index (χ0) is 28.7. The number of carbonyl (C=O) groups excluding carboxylic acids is 2. The largest absolute Gasteiger partial charge is 0.480 e. The van der Waals surface area contributed by atoms with Gasteiger partial charge in [0.15, 0.2) is 0 Å². The number of hydrogen-bond acceptors (Lipinski definition) is 7. The molecule has 1 aromatic heterocycles. The van der Waals surface area contributed by atoms with E-state index >= 15 is 0 Å². The number of aromatic nitrogens is 1. The fraction of sp³-hybridized carbons (Fsp3) is 0.333. The SMILES string of the molecule is CC(C)(C)OC(=O)NCCOc1ccc(C[C@H](NC(=O)OCC2c3ccccc3-c3ccccc32)C(=O)O)cn1. The van der Waals surface area contributed by atoms with Crippen LogP contribution in [0.2, 0.25) is 0 Å². The van der Waals surface area contributed by atoms with Crippen molar-refractivity contribution < 1.29 is 33.7 Å². The van der Waals surface area contributed by atoms with Crippen molar-refractivity contribution in [3.05, 3.63) is 83.6 Å². The lowest BCUT2D eigenvalue weighted by Crippen LogP contribution is -2.42. The Balaban J connectivity index is 1.26. The highest BCUT2D eigenvalue weighted by Gasteiger charge is 2.30. The number of amides is 2. The van der Waals surface area contributed by atoms with Crippen molar-refractivity contribution in [3.8, 4) is 17.0 Å². The first kappa shape index (κ1) is 28.4. The molecule has 0 unspecified atom stereocenters. The first-order valence-electron chi connectivity index (χ1n) is 13.0. The fourth-order valence-electron chi connectivity index (χ4n) is 4.46. The van der Waals surface area contributed by atoms with Crippen molar-refractivity contribution >= 4 is 18.2 Å². The Hall–Kier alpha value is -4.60.